The van der Waals surface area contributed by atoms with E-state index in [4.69, 9.17) is 4.74 Å². The van der Waals surface area contributed by atoms with Crippen LogP contribution in [0.2, 0.25) is 0 Å². The molecule has 0 bridgehead atoms. The van der Waals surface area contributed by atoms with Gasteiger partial charge in [-0.25, -0.2) is 8.78 Å². The van der Waals surface area contributed by atoms with Gasteiger partial charge in [0.25, 0.3) is 5.91 Å². The molecule has 0 aliphatic heterocycles. The number of hydrogen-bond donors (Lipinski definition) is 1. The summed E-state index contributed by atoms with van der Waals surface area (Å²) in [5.41, 5.74) is 1.75. The van der Waals surface area contributed by atoms with Crippen molar-refractivity contribution in [2.45, 2.75) is 44.7 Å². The Balaban J connectivity index is 1.58. The minimum Gasteiger partial charge on any atom is -0.481 e. The first-order chi connectivity index (χ1) is 13.5. The van der Waals surface area contributed by atoms with Crippen molar-refractivity contribution in [2.24, 2.45) is 0 Å². The molecule has 1 N–H and O–H groups in total. The number of rotatable bonds is 7. The van der Waals surface area contributed by atoms with Crippen molar-refractivity contribution in [3.05, 3.63) is 59.7 Å². The van der Waals surface area contributed by atoms with Crippen LogP contribution in [0.15, 0.2) is 42.5 Å². The summed E-state index contributed by atoms with van der Waals surface area (Å²) in [5, 5.41) is 2.83. The van der Waals surface area contributed by atoms with Crippen LogP contribution in [0.25, 0.3) is 0 Å². The Morgan fingerprint density at radius 1 is 1.14 bits per heavy atom. The number of hydrogen-bond acceptors (Lipinski definition) is 3. The summed E-state index contributed by atoms with van der Waals surface area (Å²) in [6.07, 6.45) is 6.27. The van der Waals surface area contributed by atoms with Crippen molar-refractivity contribution >= 4 is 11.6 Å². The molecular formula is C22H26F2N2O2. The molecule has 0 radical (unpaired) electrons. The quantitative estimate of drug-likeness (QED) is 0.744. The van der Waals surface area contributed by atoms with Gasteiger partial charge in [0, 0.05) is 24.3 Å². The molecule has 2 aromatic rings. The lowest BCUT2D eigenvalue weighted by Crippen LogP contribution is -2.33. The molecule has 0 atom stereocenters. The molecule has 4 nitrogen and oxygen atoms in total. The first-order valence-electron chi connectivity index (χ1n) is 9.69. The topological polar surface area (TPSA) is 41.6 Å². The molecule has 0 aromatic heterocycles. The van der Waals surface area contributed by atoms with Crippen LogP contribution in [0.3, 0.4) is 0 Å². The van der Waals surface area contributed by atoms with Crippen LogP contribution >= 0.6 is 0 Å². The molecule has 0 heterocycles. The highest BCUT2D eigenvalue weighted by atomic mass is 19.1. The standard InChI is InChI=1S/C22H26F2N2O2/c1-26(18-8-3-2-4-9-18)14-16-7-5-6-10-20(16)25-22(27)15-28-21-12-11-17(23)13-19(21)24/h5-7,10-13,18H,2-4,8-9,14-15H2,1H3,(H,25,27). The van der Waals surface area contributed by atoms with E-state index in [1.165, 1.54) is 38.2 Å². The summed E-state index contributed by atoms with van der Waals surface area (Å²) in [7, 11) is 2.12. The van der Waals surface area contributed by atoms with Crippen LogP contribution in [0.1, 0.15) is 37.7 Å². The van der Waals surface area contributed by atoms with Gasteiger partial charge in [-0.3, -0.25) is 9.69 Å². The van der Waals surface area contributed by atoms with Crippen molar-refractivity contribution in [3.8, 4) is 5.75 Å². The van der Waals surface area contributed by atoms with Gasteiger partial charge in [-0.1, -0.05) is 37.5 Å². The maximum atomic E-state index is 13.6. The van der Waals surface area contributed by atoms with Crippen LogP contribution in [0.4, 0.5) is 14.5 Å². The van der Waals surface area contributed by atoms with Crippen molar-refractivity contribution in [1.29, 1.82) is 0 Å². The Labute approximate surface area is 164 Å². The number of ether oxygens (including phenoxy) is 1. The van der Waals surface area contributed by atoms with Crippen molar-refractivity contribution in [2.75, 3.05) is 19.0 Å². The number of anilines is 1. The lowest BCUT2D eigenvalue weighted by Gasteiger charge is -2.31. The van der Waals surface area contributed by atoms with Crippen LogP contribution in [0.5, 0.6) is 5.75 Å². The molecule has 1 fully saturated rings. The molecule has 0 spiro atoms. The molecular weight excluding hydrogens is 362 g/mol. The average molecular weight is 388 g/mol. The average Bonchev–Trinajstić information content (AvgIpc) is 2.69. The Morgan fingerprint density at radius 2 is 1.89 bits per heavy atom. The van der Waals surface area contributed by atoms with Gasteiger partial charge in [0.1, 0.15) is 5.82 Å². The van der Waals surface area contributed by atoms with Crippen LogP contribution in [-0.4, -0.2) is 30.5 Å². The Morgan fingerprint density at radius 3 is 2.64 bits per heavy atom. The lowest BCUT2D eigenvalue weighted by atomic mass is 9.94. The van der Waals surface area contributed by atoms with Gasteiger partial charge < -0.3 is 10.1 Å². The number of amides is 1. The van der Waals surface area contributed by atoms with Gasteiger partial charge in [-0.2, -0.15) is 0 Å². The first-order valence-corrected chi connectivity index (χ1v) is 9.69. The second kappa shape index (κ2) is 9.64. The largest absolute Gasteiger partial charge is 0.481 e. The van der Waals surface area contributed by atoms with Gasteiger partial charge in [0.2, 0.25) is 0 Å². The number of halogens is 2. The van der Waals surface area contributed by atoms with E-state index < -0.39 is 17.5 Å². The summed E-state index contributed by atoms with van der Waals surface area (Å²) in [6, 6.07) is 11.2. The molecule has 28 heavy (non-hydrogen) atoms. The predicted octanol–water partition coefficient (Wildman–Crippen LogP) is 4.75. The fourth-order valence-electron chi connectivity index (χ4n) is 3.62. The van der Waals surface area contributed by atoms with Gasteiger partial charge in [0.05, 0.1) is 0 Å². The third kappa shape index (κ3) is 5.52. The molecule has 1 aliphatic rings. The number of nitrogens with zero attached hydrogens (tertiary/aromatic N) is 1. The van der Waals surface area contributed by atoms with E-state index in [9.17, 15) is 13.6 Å². The zero-order valence-electron chi connectivity index (χ0n) is 16.1. The summed E-state index contributed by atoms with van der Waals surface area (Å²) in [5.74, 6) is -2.06. The van der Waals surface area contributed by atoms with Crippen LogP contribution in [0, 0.1) is 11.6 Å². The summed E-state index contributed by atoms with van der Waals surface area (Å²) in [6.45, 7) is 0.393. The fraction of sp³-hybridized carbons (Fsp3) is 0.409. The highest BCUT2D eigenvalue weighted by Gasteiger charge is 2.19. The molecule has 0 unspecified atom stereocenters. The molecule has 150 valence electrons. The molecule has 3 rings (SSSR count). The van der Waals surface area contributed by atoms with E-state index in [0.717, 1.165) is 29.9 Å². The number of carbonyl (C=O) groups is 1. The van der Waals surface area contributed by atoms with Gasteiger partial charge >= 0.3 is 0 Å². The monoisotopic (exact) mass is 388 g/mol. The van der Waals surface area contributed by atoms with Crippen molar-refractivity contribution in [3.63, 3.8) is 0 Å². The molecule has 1 saturated carbocycles. The third-order valence-electron chi connectivity index (χ3n) is 5.16. The van der Waals surface area contributed by atoms with E-state index in [1.807, 2.05) is 24.3 Å². The maximum absolute atomic E-state index is 13.6. The van der Waals surface area contributed by atoms with E-state index in [-0.39, 0.29) is 12.4 Å². The van der Waals surface area contributed by atoms with Gasteiger partial charge in [0.15, 0.2) is 18.2 Å². The van der Waals surface area contributed by atoms with E-state index in [2.05, 4.69) is 17.3 Å². The molecule has 1 amide bonds. The maximum Gasteiger partial charge on any atom is 0.262 e. The third-order valence-corrected chi connectivity index (χ3v) is 5.16. The number of carbonyl (C=O) groups excluding carboxylic acids is 1. The van der Waals surface area contributed by atoms with E-state index in [0.29, 0.717) is 6.04 Å². The smallest absolute Gasteiger partial charge is 0.262 e. The molecule has 1 aliphatic carbocycles. The molecule has 0 saturated heterocycles. The second-order valence-electron chi connectivity index (χ2n) is 7.28. The Kier molecular flexibility index (Phi) is 6.98. The lowest BCUT2D eigenvalue weighted by molar-refractivity contribution is -0.118. The minimum absolute atomic E-state index is 0.151. The summed E-state index contributed by atoms with van der Waals surface area (Å²) >= 11 is 0. The number of benzene rings is 2. The first kappa shape index (κ1) is 20.3. The van der Waals surface area contributed by atoms with Crippen molar-refractivity contribution in [1.82, 2.24) is 4.90 Å². The van der Waals surface area contributed by atoms with E-state index in [1.54, 1.807) is 0 Å². The number of para-hydroxylation sites is 1. The van der Waals surface area contributed by atoms with Gasteiger partial charge in [-0.15, -0.1) is 0 Å². The normalized spacial score (nSPS) is 14.9. The summed E-state index contributed by atoms with van der Waals surface area (Å²) < 4.78 is 31.7. The number of nitrogens with one attached hydrogen (secondary N) is 1. The molecule has 2 aromatic carbocycles. The van der Waals surface area contributed by atoms with Gasteiger partial charge in [-0.05, 0) is 43.7 Å². The Hall–Kier alpha value is -2.47. The second-order valence-corrected chi connectivity index (χ2v) is 7.28. The highest BCUT2D eigenvalue weighted by molar-refractivity contribution is 5.92. The Bertz CT molecular complexity index is 807. The predicted molar refractivity (Wildman–Crippen MR) is 105 cm³/mol. The zero-order valence-corrected chi connectivity index (χ0v) is 16.1. The summed E-state index contributed by atoms with van der Waals surface area (Å²) in [4.78, 5) is 14.6. The highest BCUT2D eigenvalue weighted by Crippen LogP contribution is 2.25. The fourth-order valence-corrected chi connectivity index (χ4v) is 3.62. The van der Waals surface area contributed by atoms with E-state index >= 15 is 0 Å². The molecule has 6 heteroatoms. The minimum atomic E-state index is -0.831. The SMILES string of the molecule is CN(Cc1ccccc1NC(=O)COc1ccc(F)cc1F)C1CCCCC1. The van der Waals surface area contributed by atoms with Crippen LogP contribution < -0.4 is 10.1 Å². The van der Waals surface area contributed by atoms with Crippen molar-refractivity contribution < 1.29 is 18.3 Å². The zero-order chi connectivity index (χ0) is 19.9. The van der Waals surface area contributed by atoms with Crippen LogP contribution in [-0.2, 0) is 11.3 Å².